The SMILES string of the molecule is NC(=O)c1ccc(CNCc2ccc(F)cc2)cc1. The van der Waals surface area contributed by atoms with Crippen LogP contribution >= 0.6 is 0 Å². The van der Waals surface area contributed by atoms with E-state index in [0.29, 0.717) is 18.7 Å². The third kappa shape index (κ3) is 3.89. The lowest BCUT2D eigenvalue weighted by Gasteiger charge is -2.05. The third-order valence-corrected chi connectivity index (χ3v) is 2.81. The molecular weight excluding hydrogens is 243 g/mol. The predicted octanol–water partition coefficient (Wildman–Crippen LogP) is 2.21. The van der Waals surface area contributed by atoms with Crippen molar-refractivity contribution in [3.8, 4) is 0 Å². The van der Waals surface area contributed by atoms with Crippen LogP contribution in [0.1, 0.15) is 21.5 Å². The molecule has 0 heterocycles. The molecule has 0 radical (unpaired) electrons. The van der Waals surface area contributed by atoms with Crippen LogP contribution in [0, 0.1) is 5.82 Å². The van der Waals surface area contributed by atoms with Crippen molar-refractivity contribution in [1.29, 1.82) is 0 Å². The van der Waals surface area contributed by atoms with Crippen LogP contribution in [-0.4, -0.2) is 5.91 Å². The molecule has 2 aromatic rings. The molecule has 3 N–H and O–H groups in total. The molecule has 0 aromatic heterocycles. The number of nitrogens with two attached hydrogens (primary N) is 1. The van der Waals surface area contributed by atoms with Crippen LogP contribution in [0.15, 0.2) is 48.5 Å². The number of halogens is 1. The highest BCUT2D eigenvalue weighted by Gasteiger charge is 1.99. The predicted molar refractivity (Wildman–Crippen MR) is 71.9 cm³/mol. The lowest BCUT2D eigenvalue weighted by molar-refractivity contribution is 0.100. The van der Waals surface area contributed by atoms with Gasteiger partial charge in [-0.1, -0.05) is 24.3 Å². The van der Waals surface area contributed by atoms with E-state index in [2.05, 4.69) is 5.32 Å². The first-order valence-corrected chi connectivity index (χ1v) is 5.99. The summed E-state index contributed by atoms with van der Waals surface area (Å²) in [5.74, 6) is -0.656. The summed E-state index contributed by atoms with van der Waals surface area (Å²) < 4.78 is 12.7. The smallest absolute Gasteiger partial charge is 0.248 e. The molecule has 2 rings (SSSR count). The van der Waals surface area contributed by atoms with E-state index >= 15 is 0 Å². The van der Waals surface area contributed by atoms with Crippen LogP contribution in [0.4, 0.5) is 4.39 Å². The summed E-state index contributed by atoms with van der Waals surface area (Å²) in [6.07, 6.45) is 0. The molecule has 0 aliphatic carbocycles. The average molecular weight is 258 g/mol. The van der Waals surface area contributed by atoms with Crippen molar-refractivity contribution < 1.29 is 9.18 Å². The van der Waals surface area contributed by atoms with Crippen LogP contribution in [0.25, 0.3) is 0 Å². The highest BCUT2D eigenvalue weighted by Crippen LogP contribution is 2.05. The number of nitrogens with one attached hydrogen (secondary N) is 1. The highest BCUT2D eigenvalue weighted by atomic mass is 19.1. The van der Waals surface area contributed by atoms with Gasteiger partial charge in [-0.2, -0.15) is 0 Å². The lowest BCUT2D eigenvalue weighted by atomic mass is 10.1. The Labute approximate surface area is 111 Å². The van der Waals surface area contributed by atoms with E-state index in [1.54, 1.807) is 24.3 Å². The minimum Gasteiger partial charge on any atom is -0.366 e. The van der Waals surface area contributed by atoms with Gasteiger partial charge in [-0.15, -0.1) is 0 Å². The van der Waals surface area contributed by atoms with Crippen molar-refractivity contribution in [2.75, 3.05) is 0 Å². The Hall–Kier alpha value is -2.20. The molecule has 0 spiro atoms. The molecule has 0 fully saturated rings. The van der Waals surface area contributed by atoms with Crippen molar-refractivity contribution in [2.24, 2.45) is 5.73 Å². The van der Waals surface area contributed by atoms with Crippen LogP contribution in [0.3, 0.4) is 0 Å². The van der Waals surface area contributed by atoms with Gasteiger partial charge >= 0.3 is 0 Å². The number of primary amides is 1. The highest BCUT2D eigenvalue weighted by molar-refractivity contribution is 5.92. The molecule has 19 heavy (non-hydrogen) atoms. The minimum atomic E-state index is -0.425. The number of rotatable bonds is 5. The van der Waals surface area contributed by atoms with Crippen molar-refractivity contribution in [1.82, 2.24) is 5.32 Å². The molecule has 3 nitrogen and oxygen atoms in total. The van der Waals surface area contributed by atoms with E-state index < -0.39 is 5.91 Å². The first-order chi connectivity index (χ1) is 9.15. The molecule has 4 heteroatoms. The summed E-state index contributed by atoms with van der Waals surface area (Å²) in [4.78, 5) is 10.9. The van der Waals surface area contributed by atoms with Crippen LogP contribution in [-0.2, 0) is 13.1 Å². The molecular formula is C15H15FN2O. The summed E-state index contributed by atoms with van der Waals surface area (Å²) in [6.45, 7) is 1.34. The number of amides is 1. The fourth-order valence-electron chi connectivity index (χ4n) is 1.74. The molecule has 1 amide bonds. The van der Waals surface area contributed by atoms with Gasteiger partial charge in [0.2, 0.25) is 5.91 Å². The van der Waals surface area contributed by atoms with Crippen LogP contribution in [0.2, 0.25) is 0 Å². The Morgan fingerprint density at radius 2 is 1.42 bits per heavy atom. The van der Waals surface area contributed by atoms with Gasteiger partial charge in [0.25, 0.3) is 0 Å². The average Bonchev–Trinajstić information content (AvgIpc) is 2.41. The van der Waals surface area contributed by atoms with E-state index in [4.69, 9.17) is 5.73 Å². The van der Waals surface area contributed by atoms with Gasteiger partial charge in [0.1, 0.15) is 5.82 Å². The minimum absolute atomic E-state index is 0.231. The van der Waals surface area contributed by atoms with Gasteiger partial charge in [-0.3, -0.25) is 4.79 Å². The summed E-state index contributed by atoms with van der Waals surface area (Å²) >= 11 is 0. The second-order valence-corrected chi connectivity index (χ2v) is 4.29. The molecule has 0 aliphatic heterocycles. The fourth-order valence-corrected chi connectivity index (χ4v) is 1.74. The van der Waals surface area contributed by atoms with Gasteiger partial charge in [-0.25, -0.2) is 4.39 Å². The normalized spacial score (nSPS) is 10.4. The monoisotopic (exact) mass is 258 g/mol. The largest absolute Gasteiger partial charge is 0.366 e. The summed E-state index contributed by atoms with van der Waals surface area (Å²) in [6, 6.07) is 13.5. The number of hydrogen-bond acceptors (Lipinski definition) is 2. The molecule has 0 atom stereocenters. The number of carbonyl (C=O) groups is 1. The first kappa shape index (κ1) is 13.2. The van der Waals surface area contributed by atoms with Gasteiger partial charge in [-0.05, 0) is 35.4 Å². The number of benzene rings is 2. The molecule has 2 aromatic carbocycles. The summed E-state index contributed by atoms with van der Waals surface area (Å²) in [5, 5.41) is 3.25. The molecule has 0 aliphatic rings. The van der Waals surface area contributed by atoms with E-state index in [9.17, 15) is 9.18 Å². The van der Waals surface area contributed by atoms with Crippen LogP contribution < -0.4 is 11.1 Å². The zero-order valence-corrected chi connectivity index (χ0v) is 10.4. The Kier molecular flexibility index (Phi) is 4.26. The van der Waals surface area contributed by atoms with E-state index in [1.165, 1.54) is 12.1 Å². The number of hydrogen-bond donors (Lipinski definition) is 2. The first-order valence-electron chi connectivity index (χ1n) is 5.99. The summed E-state index contributed by atoms with van der Waals surface area (Å²) in [7, 11) is 0. The topological polar surface area (TPSA) is 55.1 Å². The van der Waals surface area contributed by atoms with Crippen molar-refractivity contribution in [3.63, 3.8) is 0 Å². The lowest BCUT2D eigenvalue weighted by Crippen LogP contribution is -2.14. The molecule has 98 valence electrons. The molecule has 0 bridgehead atoms. The number of carbonyl (C=O) groups excluding carboxylic acids is 1. The second-order valence-electron chi connectivity index (χ2n) is 4.29. The molecule has 0 saturated carbocycles. The fraction of sp³-hybridized carbons (Fsp3) is 0.133. The van der Waals surface area contributed by atoms with Gasteiger partial charge in [0.15, 0.2) is 0 Å². The Morgan fingerprint density at radius 1 is 0.947 bits per heavy atom. The molecule has 0 saturated heterocycles. The quantitative estimate of drug-likeness (QED) is 0.864. The zero-order chi connectivity index (χ0) is 13.7. The van der Waals surface area contributed by atoms with Crippen molar-refractivity contribution in [2.45, 2.75) is 13.1 Å². The maximum absolute atomic E-state index is 12.7. The maximum atomic E-state index is 12.7. The van der Waals surface area contributed by atoms with Gasteiger partial charge < -0.3 is 11.1 Å². The standard InChI is InChI=1S/C15H15FN2O/c16-14-7-3-12(4-8-14)10-18-9-11-1-5-13(6-2-11)15(17)19/h1-8,18H,9-10H2,(H2,17,19). The maximum Gasteiger partial charge on any atom is 0.248 e. The van der Waals surface area contributed by atoms with E-state index in [1.807, 2.05) is 12.1 Å². The van der Waals surface area contributed by atoms with Crippen LogP contribution in [0.5, 0.6) is 0 Å². The van der Waals surface area contributed by atoms with Gasteiger partial charge in [0, 0.05) is 18.7 Å². The zero-order valence-electron chi connectivity index (χ0n) is 10.4. The Morgan fingerprint density at radius 3 is 1.89 bits per heavy atom. The Balaban J connectivity index is 1.85. The van der Waals surface area contributed by atoms with Crippen molar-refractivity contribution >= 4 is 5.91 Å². The van der Waals surface area contributed by atoms with Crippen molar-refractivity contribution in [3.05, 3.63) is 71.0 Å². The third-order valence-electron chi connectivity index (χ3n) is 2.81. The molecule has 0 unspecified atom stereocenters. The van der Waals surface area contributed by atoms with E-state index in [-0.39, 0.29) is 5.82 Å². The Bertz CT molecular complexity index is 549. The second kappa shape index (κ2) is 6.11. The van der Waals surface area contributed by atoms with E-state index in [0.717, 1.165) is 11.1 Å². The van der Waals surface area contributed by atoms with Gasteiger partial charge in [0.05, 0.1) is 0 Å². The summed E-state index contributed by atoms with van der Waals surface area (Å²) in [5.41, 5.74) is 7.75.